The number of aromatic nitrogens is 4. The minimum absolute atomic E-state index is 0.122. The zero-order valence-corrected chi connectivity index (χ0v) is 13.0. The molecule has 26 heavy (non-hydrogen) atoms. The molecule has 3 heterocycles. The monoisotopic (exact) mass is 356 g/mol. The number of imidazole rings is 1. The number of carbonyl (C=O) groups is 1. The number of carboxylic acid groups (broad SMARTS) is 1. The van der Waals surface area contributed by atoms with Crippen LogP contribution in [0.25, 0.3) is 33.8 Å². The number of rotatable bonds is 4. The molecule has 0 spiro atoms. The van der Waals surface area contributed by atoms with Gasteiger partial charge in [-0.05, 0) is 30.3 Å². The van der Waals surface area contributed by atoms with Crippen LogP contribution >= 0.6 is 0 Å². The molecule has 4 aromatic rings. The van der Waals surface area contributed by atoms with Crippen molar-refractivity contribution in [2.45, 2.75) is 6.55 Å². The van der Waals surface area contributed by atoms with Crippen LogP contribution in [0, 0.1) is 0 Å². The van der Waals surface area contributed by atoms with Crippen LogP contribution in [-0.2, 0) is 0 Å². The Kier molecular flexibility index (Phi) is 3.68. The van der Waals surface area contributed by atoms with Gasteiger partial charge in [0.05, 0.1) is 12.0 Å². The third-order valence-corrected chi connectivity index (χ3v) is 3.74. The van der Waals surface area contributed by atoms with E-state index in [1.165, 1.54) is 18.5 Å². The maximum atomic E-state index is 12.7. The van der Waals surface area contributed by atoms with E-state index in [9.17, 15) is 13.6 Å². The van der Waals surface area contributed by atoms with E-state index in [0.717, 1.165) is 6.33 Å². The zero-order valence-electron chi connectivity index (χ0n) is 13.0. The topological polar surface area (TPSA) is 94.0 Å². The lowest BCUT2D eigenvalue weighted by molar-refractivity contribution is 0.0687. The van der Waals surface area contributed by atoms with Crippen molar-refractivity contribution in [3.8, 4) is 22.7 Å². The van der Waals surface area contributed by atoms with Gasteiger partial charge < -0.3 is 9.52 Å². The lowest BCUT2D eigenvalue weighted by atomic mass is 10.1. The summed E-state index contributed by atoms with van der Waals surface area (Å²) >= 11 is 0. The highest BCUT2D eigenvalue weighted by Crippen LogP contribution is 2.28. The first-order valence-corrected chi connectivity index (χ1v) is 7.43. The summed E-state index contributed by atoms with van der Waals surface area (Å²) in [6.45, 7) is -2.66. The standard InChI is InChI=1S/C17H10F2N4O3/c18-17(19)23-7-13(21-8-23)9-1-2-14-11(5-9)22-15(26-14)10-3-4-20-12(6-10)16(24)25/h1-8,17H,(H,24,25). The molecule has 0 unspecified atom stereocenters. The number of carboxylic acids is 1. The van der Waals surface area contributed by atoms with Crippen LogP contribution in [0.1, 0.15) is 17.0 Å². The van der Waals surface area contributed by atoms with Gasteiger partial charge in [0.2, 0.25) is 5.89 Å². The first-order valence-electron chi connectivity index (χ1n) is 7.43. The molecular formula is C17H10F2N4O3. The maximum absolute atomic E-state index is 12.7. The van der Waals surface area contributed by atoms with Crippen LogP contribution in [0.5, 0.6) is 0 Å². The van der Waals surface area contributed by atoms with Gasteiger partial charge in [0.15, 0.2) is 5.58 Å². The largest absolute Gasteiger partial charge is 0.477 e. The van der Waals surface area contributed by atoms with Gasteiger partial charge in [-0.25, -0.2) is 19.7 Å². The average Bonchev–Trinajstić information content (AvgIpc) is 3.28. The molecule has 1 N–H and O–H groups in total. The molecule has 7 nitrogen and oxygen atoms in total. The summed E-state index contributed by atoms with van der Waals surface area (Å²) in [6, 6.07) is 7.95. The predicted octanol–water partition coefficient (Wildman–Crippen LogP) is 3.85. The smallest absolute Gasteiger partial charge is 0.354 e. The van der Waals surface area contributed by atoms with Crippen LogP contribution in [0.4, 0.5) is 8.78 Å². The number of hydrogen-bond donors (Lipinski definition) is 1. The number of hydrogen-bond acceptors (Lipinski definition) is 5. The van der Waals surface area contributed by atoms with E-state index < -0.39 is 12.5 Å². The Labute approximate surface area is 144 Å². The highest BCUT2D eigenvalue weighted by molar-refractivity contribution is 5.87. The first-order chi connectivity index (χ1) is 12.5. The van der Waals surface area contributed by atoms with Crippen LogP contribution in [-0.4, -0.2) is 30.6 Å². The molecule has 0 amide bonds. The fraction of sp³-hybridized carbons (Fsp3) is 0.0588. The predicted molar refractivity (Wildman–Crippen MR) is 86.7 cm³/mol. The van der Waals surface area contributed by atoms with Gasteiger partial charge in [0.1, 0.15) is 11.2 Å². The SMILES string of the molecule is O=C(O)c1cc(-c2nc3cc(-c4cn(C(F)F)cn4)ccc3o2)ccn1. The molecule has 0 atom stereocenters. The van der Waals surface area contributed by atoms with Gasteiger partial charge in [0, 0.05) is 23.5 Å². The van der Waals surface area contributed by atoms with E-state index in [1.807, 2.05) is 0 Å². The van der Waals surface area contributed by atoms with E-state index >= 15 is 0 Å². The molecule has 0 saturated heterocycles. The quantitative estimate of drug-likeness (QED) is 0.597. The van der Waals surface area contributed by atoms with E-state index in [0.29, 0.717) is 32.5 Å². The fourth-order valence-electron chi connectivity index (χ4n) is 2.48. The minimum atomic E-state index is -2.66. The van der Waals surface area contributed by atoms with Crippen molar-refractivity contribution < 1.29 is 23.1 Å². The van der Waals surface area contributed by atoms with Gasteiger partial charge in [-0.2, -0.15) is 8.78 Å². The number of aromatic carboxylic acids is 1. The molecule has 3 aromatic heterocycles. The number of benzene rings is 1. The Bertz CT molecular complexity index is 1120. The summed E-state index contributed by atoms with van der Waals surface area (Å²) in [6.07, 6.45) is 3.66. The summed E-state index contributed by atoms with van der Waals surface area (Å²) in [5.41, 5.74) is 2.31. The summed E-state index contributed by atoms with van der Waals surface area (Å²) < 4.78 is 31.7. The van der Waals surface area contributed by atoms with Crippen molar-refractivity contribution in [1.29, 1.82) is 0 Å². The summed E-state index contributed by atoms with van der Waals surface area (Å²) in [5.74, 6) is -0.917. The molecule has 0 aliphatic rings. The number of nitrogens with zero attached hydrogens (tertiary/aromatic N) is 4. The lowest BCUT2D eigenvalue weighted by Crippen LogP contribution is -1.99. The Hall–Kier alpha value is -3.62. The van der Waals surface area contributed by atoms with E-state index in [-0.39, 0.29) is 11.6 Å². The second-order valence-corrected chi connectivity index (χ2v) is 5.42. The van der Waals surface area contributed by atoms with Crippen molar-refractivity contribution in [3.05, 3.63) is 54.7 Å². The highest BCUT2D eigenvalue weighted by atomic mass is 19.3. The third kappa shape index (κ3) is 2.79. The zero-order chi connectivity index (χ0) is 18.3. The van der Waals surface area contributed by atoms with Gasteiger partial charge in [-0.3, -0.25) is 4.57 Å². The molecule has 9 heteroatoms. The average molecular weight is 356 g/mol. The fourth-order valence-corrected chi connectivity index (χ4v) is 2.48. The highest BCUT2D eigenvalue weighted by Gasteiger charge is 2.14. The number of pyridine rings is 1. The maximum Gasteiger partial charge on any atom is 0.354 e. The molecule has 0 aliphatic heterocycles. The Morgan fingerprint density at radius 2 is 2.00 bits per heavy atom. The second kappa shape index (κ2) is 6.03. The summed E-state index contributed by atoms with van der Waals surface area (Å²) in [5, 5.41) is 9.02. The Balaban J connectivity index is 1.74. The first kappa shape index (κ1) is 15.9. The van der Waals surface area contributed by atoms with E-state index in [1.54, 1.807) is 24.3 Å². The molecular weight excluding hydrogens is 346 g/mol. The van der Waals surface area contributed by atoms with Gasteiger partial charge >= 0.3 is 12.5 Å². The van der Waals surface area contributed by atoms with Gasteiger partial charge in [-0.15, -0.1) is 0 Å². The van der Waals surface area contributed by atoms with Crippen LogP contribution in [0.3, 0.4) is 0 Å². The molecule has 0 saturated carbocycles. The van der Waals surface area contributed by atoms with E-state index in [2.05, 4.69) is 15.0 Å². The van der Waals surface area contributed by atoms with Crippen molar-refractivity contribution >= 4 is 17.1 Å². The van der Waals surface area contributed by atoms with Crippen molar-refractivity contribution in [2.24, 2.45) is 0 Å². The van der Waals surface area contributed by atoms with Crippen molar-refractivity contribution in [3.63, 3.8) is 0 Å². The van der Waals surface area contributed by atoms with Crippen LogP contribution < -0.4 is 0 Å². The van der Waals surface area contributed by atoms with Crippen molar-refractivity contribution in [2.75, 3.05) is 0 Å². The van der Waals surface area contributed by atoms with Gasteiger partial charge in [0.25, 0.3) is 0 Å². The normalized spacial score (nSPS) is 11.3. The molecule has 130 valence electrons. The van der Waals surface area contributed by atoms with Crippen molar-refractivity contribution in [1.82, 2.24) is 19.5 Å². The molecule has 4 rings (SSSR count). The molecule has 0 bridgehead atoms. The Morgan fingerprint density at radius 3 is 2.73 bits per heavy atom. The number of fused-ring (bicyclic) bond motifs is 1. The number of alkyl halides is 2. The Morgan fingerprint density at radius 1 is 1.15 bits per heavy atom. The second-order valence-electron chi connectivity index (χ2n) is 5.42. The number of halogens is 2. The van der Waals surface area contributed by atoms with Crippen LogP contribution in [0.2, 0.25) is 0 Å². The van der Waals surface area contributed by atoms with E-state index in [4.69, 9.17) is 9.52 Å². The number of oxazole rings is 1. The van der Waals surface area contributed by atoms with Crippen LogP contribution in [0.15, 0.2) is 53.5 Å². The molecule has 0 aliphatic carbocycles. The third-order valence-electron chi connectivity index (χ3n) is 3.74. The summed E-state index contributed by atoms with van der Waals surface area (Å²) in [4.78, 5) is 23.1. The molecule has 0 fully saturated rings. The molecule has 0 radical (unpaired) electrons. The molecule has 1 aromatic carbocycles. The minimum Gasteiger partial charge on any atom is -0.477 e. The summed E-state index contributed by atoms with van der Waals surface area (Å²) in [7, 11) is 0. The van der Waals surface area contributed by atoms with Gasteiger partial charge in [-0.1, -0.05) is 0 Å². The lowest BCUT2D eigenvalue weighted by Gasteiger charge is -1.97.